The third-order valence-electron chi connectivity index (χ3n) is 3.72. The van der Waals surface area contributed by atoms with Crippen LogP contribution >= 0.6 is 15.9 Å². The Balaban J connectivity index is 1.88. The van der Waals surface area contributed by atoms with Crippen molar-refractivity contribution in [2.24, 2.45) is 5.92 Å². The van der Waals surface area contributed by atoms with Gasteiger partial charge in [-0.25, -0.2) is 0 Å². The van der Waals surface area contributed by atoms with E-state index < -0.39 is 0 Å². The van der Waals surface area contributed by atoms with Crippen LogP contribution in [0.3, 0.4) is 0 Å². The number of nitrogens with one attached hydrogen (secondary N) is 1. The lowest BCUT2D eigenvalue weighted by Gasteiger charge is -2.23. The van der Waals surface area contributed by atoms with Gasteiger partial charge in [0, 0.05) is 6.54 Å². The van der Waals surface area contributed by atoms with Crippen LogP contribution in [0.4, 0.5) is 0 Å². The van der Waals surface area contributed by atoms with E-state index in [1.807, 2.05) is 0 Å². The smallest absolute Gasteiger partial charge is 0.133 e. The number of halogens is 1. The van der Waals surface area contributed by atoms with E-state index in [-0.39, 0.29) is 0 Å². The highest BCUT2D eigenvalue weighted by atomic mass is 79.9. The van der Waals surface area contributed by atoms with Crippen LogP contribution in [0.5, 0.6) is 5.75 Å². The van der Waals surface area contributed by atoms with Gasteiger partial charge < -0.3 is 10.1 Å². The predicted octanol–water partition coefficient (Wildman–Crippen LogP) is 4.91. The van der Waals surface area contributed by atoms with Crippen LogP contribution < -0.4 is 10.1 Å². The molecule has 2 rings (SSSR count). The van der Waals surface area contributed by atoms with E-state index in [9.17, 15) is 0 Å². The van der Waals surface area contributed by atoms with Crippen molar-refractivity contribution in [1.29, 1.82) is 0 Å². The number of hydrogen-bond donors (Lipinski definition) is 1. The molecule has 0 bridgehead atoms. The summed E-state index contributed by atoms with van der Waals surface area (Å²) in [4.78, 5) is 0. The predicted molar refractivity (Wildman–Crippen MR) is 88.2 cm³/mol. The summed E-state index contributed by atoms with van der Waals surface area (Å²) in [6, 6.07) is 6.44. The van der Waals surface area contributed by atoms with E-state index in [0.29, 0.717) is 12.0 Å². The summed E-state index contributed by atoms with van der Waals surface area (Å²) in [6.45, 7) is 6.42. The molecule has 1 aromatic carbocycles. The molecular formula is C17H26BrNO. The molecule has 0 radical (unpaired) electrons. The van der Waals surface area contributed by atoms with Crippen molar-refractivity contribution >= 4 is 15.9 Å². The average molecular weight is 340 g/mol. The van der Waals surface area contributed by atoms with E-state index in [1.165, 1.54) is 37.7 Å². The fourth-order valence-corrected chi connectivity index (χ4v) is 3.14. The largest absolute Gasteiger partial charge is 0.489 e. The zero-order valence-corrected chi connectivity index (χ0v) is 14.2. The van der Waals surface area contributed by atoms with E-state index in [0.717, 1.165) is 23.3 Å². The minimum Gasteiger partial charge on any atom is -0.489 e. The summed E-state index contributed by atoms with van der Waals surface area (Å²) in [5.74, 6) is 1.68. The average Bonchev–Trinajstić information content (AvgIpc) is 2.42. The molecule has 0 atom stereocenters. The highest BCUT2D eigenvalue weighted by Crippen LogP contribution is 2.30. The second kappa shape index (κ2) is 8.04. The fraction of sp³-hybridized carbons (Fsp3) is 0.647. The Kier molecular flexibility index (Phi) is 6.37. The normalized spacial score (nSPS) is 16.6. The van der Waals surface area contributed by atoms with Crippen molar-refractivity contribution in [2.45, 2.75) is 58.6 Å². The van der Waals surface area contributed by atoms with Crippen LogP contribution in [0.2, 0.25) is 0 Å². The van der Waals surface area contributed by atoms with Gasteiger partial charge in [-0.3, -0.25) is 0 Å². The zero-order chi connectivity index (χ0) is 14.4. The van der Waals surface area contributed by atoms with Crippen molar-refractivity contribution in [3.05, 3.63) is 28.2 Å². The number of ether oxygens (including phenoxy) is 1. The van der Waals surface area contributed by atoms with Crippen molar-refractivity contribution in [3.63, 3.8) is 0 Å². The van der Waals surface area contributed by atoms with Crippen LogP contribution in [-0.2, 0) is 6.54 Å². The maximum atomic E-state index is 6.12. The summed E-state index contributed by atoms with van der Waals surface area (Å²) in [5.41, 5.74) is 1.30. The number of hydrogen-bond acceptors (Lipinski definition) is 2. The molecule has 1 saturated carbocycles. The lowest BCUT2D eigenvalue weighted by molar-refractivity contribution is 0.154. The third kappa shape index (κ3) is 5.10. The molecule has 3 heteroatoms. The molecule has 0 amide bonds. The fourth-order valence-electron chi connectivity index (χ4n) is 2.62. The Hall–Kier alpha value is -0.540. The summed E-state index contributed by atoms with van der Waals surface area (Å²) in [5, 5.41) is 3.47. The van der Waals surface area contributed by atoms with Crippen LogP contribution in [0.25, 0.3) is 0 Å². The molecule has 0 heterocycles. The topological polar surface area (TPSA) is 21.3 Å². The highest BCUT2D eigenvalue weighted by molar-refractivity contribution is 9.10. The van der Waals surface area contributed by atoms with Gasteiger partial charge in [0.25, 0.3) is 0 Å². The first-order valence-electron chi connectivity index (χ1n) is 7.81. The number of rotatable bonds is 6. The Morgan fingerprint density at radius 2 is 2.00 bits per heavy atom. The first-order chi connectivity index (χ1) is 9.65. The maximum absolute atomic E-state index is 6.12. The SMILES string of the molecule is CC(C)CNCc1ccc(OC2CCCCC2)c(Br)c1. The molecule has 1 fully saturated rings. The summed E-state index contributed by atoms with van der Waals surface area (Å²) >= 11 is 3.64. The summed E-state index contributed by atoms with van der Waals surface area (Å²) in [7, 11) is 0. The quantitative estimate of drug-likeness (QED) is 0.795. The minimum atomic E-state index is 0.407. The Morgan fingerprint density at radius 3 is 2.65 bits per heavy atom. The van der Waals surface area contributed by atoms with Gasteiger partial charge in [0.15, 0.2) is 0 Å². The van der Waals surface area contributed by atoms with Gasteiger partial charge in [0.2, 0.25) is 0 Å². The van der Waals surface area contributed by atoms with Gasteiger partial charge in [-0.15, -0.1) is 0 Å². The molecule has 0 saturated heterocycles. The lowest BCUT2D eigenvalue weighted by Crippen LogP contribution is -2.20. The van der Waals surface area contributed by atoms with Crippen molar-refractivity contribution in [3.8, 4) is 5.75 Å². The monoisotopic (exact) mass is 339 g/mol. The van der Waals surface area contributed by atoms with Gasteiger partial charge in [0.1, 0.15) is 5.75 Å². The highest BCUT2D eigenvalue weighted by Gasteiger charge is 2.16. The van der Waals surface area contributed by atoms with Gasteiger partial charge in [0.05, 0.1) is 10.6 Å². The summed E-state index contributed by atoms with van der Waals surface area (Å²) in [6.07, 6.45) is 6.78. The van der Waals surface area contributed by atoms with Gasteiger partial charge in [-0.05, 0) is 71.8 Å². The third-order valence-corrected chi connectivity index (χ3v) is 4.34. The molecular weight excluding hydrogens is 314 g/mol. The van der Waals surface area contributed by atoms with Crippen molar-refractivity contribution in [2.75, 3.05) is 6.54 Å². The van der Waals surface area contributed by atoms with Crippen LogP contribution in [0.15, 0.2) is 22.7 Å². The van der Waals surface area contributed by atoms with E-state index in [4.69, 9.17) is 4.74 Å². The molecule has 112 valence electrons. The van der Waals surface area contributed by atoms with E-state index >= 15 is 0 Å². The Bertz CT molecular complexity index is 413. The van der Waals surface area contributed by atoms with Crippen LogP contribution in [-0.4, -0.2) is 12.6 Å². The second-order valence-corrected chi connectivity index (χ2v) is 7.02. The first-order valence-corrected chi connectivity index (χ1v) is 8.60. The summed E-state index contributed by atoms with van der Waals surface area (Å²) < 4.78 is 7.19. The minimum absolute atomic E-state index is 0.407. The molecule has 0 unspecified atom stereocenters. The van der Waals surface area contributed by atoms with Crippen LogP contribution in [0, 0.1) is 5.92 Å². The molecule has 2 nitrogen and oxygen atoms in total. The number of benzene rings is 1. The zero-order valence-electron chi connectivity index (χ0n) is 12.6. The molecule has 20 heavy (non-hydrogen) atoms. The van der Waals surface area contributed by atoms with Gasteiger partial charge in [-0.1, -0.05) is 26.3 Å². The molecule has 1 aliphatic rings. The van der Waals surface area contributed by atoms with E-state index in [2.05, 4.69) is 53.3 Å². The van der Waals surface area contributed by atoms with Gasteiger partial charge in [-0.2, -0.15) is 0 Å². The first kappa shape index (κ1) is 15.8. The molecule has 1 N–H and O–H groups in total. The Labute approximate surface area is 131 Å². The Morgan fingerprint density at radius 1 is 1.25 bits per heavy atom. The van der Waals surface area contributed by atoms with Crippen molar-refractivity contribution in [1.82, 2.24) is 5.32 Å². The van der Waals surface area contributed by atoms with Crippen LogP contribution in [0.1, 0.15) is 51.5 Å². The lowest BCUT2D eigenvalue weighted by atomic mass is 9.98. The molecule has 1 aliphatic carbocycles. The maximum Gasteiger partial charge on any atom is 0.133 e. The standard InChI is InChI=1S/C17H26BrNO/c1-13(2)11-19-12-14-8-9-17(16(18)10-14)20-15-6-4-3-5-7-15/h8-10,13,15,19H,3-7,11-12H2,1-2H3. The molecule has 0 aromatic heterocycles. The van der Waals surface area contributed by atoms with E-state index in [1.54, 1.807) is 0 Å². The molecule has 1 aromatic rings. The van der Waals surface area contributed by atoms with Gasteiger partial charge >= 0.3 is 0 Å². The molecule has 0 aliphatic heterocycles. The second-order valence-electron chi connectivity index (χ2n) is 6.17. The molecule has 0 spiro atoms. The van der Waals surface area contributed by atoms with Crippen molar-refractivity contribution < 1.29 is 4.74 Å².